The molecule has 10 heteroatoms. The van der Waals surface area contributed by atoms with Crippen LogP contribution in [0.15, 0.2) is 52.3 Å². The van der Waals surface area contributed by atoms with Crippen LogP contribution in [0.3, 0.4) is 0 Å². The Bertz CT molecular complexity index is 1050. The molecule has 0 aliphatic heterocycles. The maximum absolute atomic E-state index is 12.1. The number of carbonyl (C=O) groups excluding carboxylic acids is 1. The number of nitrogens with zero attached hydrogens (tertiary/aromatic N) is 1. The fourth-order valence-electron chi connectivity index (χ4n) is 2.11. The summed E-state index contributed by atoms with van der Waals surface area (Å²) in [6, 6.07) is 11.8. The first-order valence-electron chi connectivity index (χ1n) is 7.43. The van der Waals surface area contributed by atoms with Gasteiger partial charge in [0.05, 0.1) is 15.1 Å². The number of primary sulfonamides is 1. The first-order valence-corrected chi connectivity index (χ1v) is 11.2. The van der Waals surface area contributed by atoms with Crippen LogP contribution in [-0.2, 0) is 14.8 Å². The molecule has 0 spiro atoms. The van der Waals surface area contributed by atoms with Crippen molar-refractivity contribution in [1.82, 2.24) is 4.98 Å². The second-order valence-corrected chi connectivity index (χ2v) is 9.49. The van der Waals surface area contributed by atoms with Crippen molar-refractivity contribution in [1.29, 1.82) is 0 Å². The lowest BCUT2D eigenvalue weighted by atomic mass is 10.3. The highest BCUT2D eigenvalue weighted by Crippen LogP contribution is 2.28. The maximum atomic E-state index is 12.1. The van der Waals surface area contributed by atoms with E-state index in [0.717, 1.165) is 4.90 Å². The fraction of sp³-hybridized carbons (Fsp3) is 0.125. The molecular formula is C16H14ClN3O3S3. The van der Waals surface area contributed by atoms with Gasteiger partial charge in [0.2, 0.25) is 15.9 Å². The first-order chi connectivity index (χ1) is 12.3. The molecular weight excluding hydrogens is 414 g/mol. The Labute approximate surface area is 163 Å². The topological polar surface area (TPSA) is 102 Å². The lowest BCUT2D eigenvalue weighted by molar-refractivity contribution is -0.115. The zero-order valence-corrected chi connectivity index (χ0v) is 16.5. The van der Waals surface area contributed by atoms with Crippen molar-refractivity contribution < 1.29 is 13.2 Å². The summed E-state index contributed by atoms with van der Waals surface area (Å²) in [4.78, 5) is 17.4. The molecule has 1 heterocycles. The Kier molecular flexibility index (Phi) is 5.83. The van der Waals surface area contributed by atoms with Gasteiger partial charge in [-0.2, -0.15) is 0 Å². The van der Waals surface area contributed by atoms with Crippen molar-refractivity contribution in [3.63, 3.8) is 0 Å². The minimum absolute atomic E-state index is 0.0193. The molecule has 136 valence electrons. The molecule has 6 nitrogen and oxygen atoms in total. The molecule has 3 aromatic rings. The Morgan fingerprint density at radius 1 is 1.23 bits per heavy atom. The molecule has 0 unspecified atom stereocenters. The number of thioether (sulfide) groups is 1. The average molecular weight is 428 g/mol. The number of hydrogen-bond acceptors (Lipinski definition) is 6. The summed E-state index contributed by atoms with van der Waals surface area (Å²) in [7, 11) is -3.77. The van der Waals surface area contributed by atoms with Crippen molar-refractivity contribution in [3.8, 4) is 0 Å². The smallest absolute Gasteiger partial charge is 0.238 e. The van der Waals surface area contributed by atoms with E-state index in [1.807, 2.05) is 12.1 Å². The minimum atomic E-state index is -3.77. The van der Waals surface area contributed by atoms with Crippen LogP contribution in [0.2, 0.25) is 5.02 Å². The second kappa shape index (κ2) is 7.93. The van der Waals surface area contributed by atoms with Crippen molar-refractivity contribution in [3.05, 3.63) is 47.5 Å². The number of fused-ring (bicyclic) bond motifs is 1. The Hall–Kier alpha value is -1.65. The van der Waals surface area contributed by atoms with Gasteiger partial charge in [0.1, 0.15) is 0 Å². The standard InChI is InChI=1S/C16H14ClN3O3S3/c17-10-1-3-11(4-2-10)24-8-7-15(21)20-16-19-13-6-5-12(26(18,22)23)9-14(13)25-16/h1-6,9H,7-8H2,(H2,18,22,23)(H,19,20,21). The van der Waals surface area contributed by atoms with Crippen LogP contribution in [0.1, 0.15) is 6.42 Å². The molecule has 0 saturated heterocycles. The largest absolute Gasteiger partial charge is 0.302 e. The van der Waals surface area contributed by atoms with Crippen LogP contribution in [-0.4, -0.2) is 25.1 Å². The van der Waals surface area contributed by atoms with Gasteiger partial charge in [-0.3, -0.25) is 4.79 Å². The van der Waals surface area contributed by atoms with Crippen molar-refractivity contribution >= 4 is 66.0 Å². The van der Waals surface area contributed by atoms with E-state index in [-0.39, 0.29) is 10.8 Å². The third-order valence-electron chi connectivity index (χ3n) is 3.35. The molecule has 1 amide bonds. The van der Waals surface area contributed by atoms with E-state index in [0.29, 0.717) is 32.5 Å². The molecule has 3 N–H and O–H groups in total. The van der Waals surface area contributed by atoms with Gasteiger partial charge in [-0.15, -0.1) is 11.8 Å². The van der Waals surface area contributed by atoms with Gasteiger partial charge in [0, 0.05) is 22.1 Å². The van der Waals surface area contributed by atoms with Gasteiger partial charge < -0.3 is 5.32 Å². The van der Waals surface area contributed by atoms with E-state index in [1.165, 1.54) is 23.5 Å². The number of carbonyl (C=O) groups is 1. The number of anilines is 1. The van der Waals surface area contributed by atoms with Crippen LogP contribution >= 0.6 is 34.7 Å². The van der Waals surface area contributed by atoms with Crippen LogP contribution < -0.4 is 10.5 Å². The number of nitrogens with one attached hydrogen (secondary N) is 1. The molecule has 0 aliphatic rings. The molecule has 1 aromatic heterocycles. The van der Waals surface area contributed by atoms with Crippen molar-refractivity contribution in [2.75, 3.05) is 11.1 Å². The number of thiazole rings is 1. The number of sulfonamides is 1. The molecule has 0 aliphatic carbocycles. The molecule has 0 atom stereocenters. The zero-order valence-electron chi connectivity index (χ0n) is 13.3. The summed E-state index contributed by atoms with van der Waals surface area (Å²) in [5.41, 5.74) is 0.605. The van der Waals surface area contributed by atoms with Crippen molar-refractivity contribution in [2.24, 2.45) is 5.14 Å². The molecule has 26 heavy (non-hydrogen) atoms. The predicted molar refractivity (Wildman–Crippen MR) is 106 cm³/mol. The Balaban J connectivity index is 1.59. The summed E-state index contributed by atoms with van der Waals surface area (Å²) in [5, 5.41) is 8.96. The lowest BCUT2D eigenvalue weighted by Gasteiger charge is -2.02. The normalized spacial score (nSPS) is 11.6. The molecule has 0 bridgehead atoms. The van der Waals surface area contributed by atoms with Gasteiger partial charge in [0.15, 0.2) is 5.13 Å². The number of hydrogen-bond donors (Lipinski definition) is 2. The SMILES string of the molecule is NS(=O)(=O)c1ccc2nc(NC(=O)CCSc3ccc(Cl)cc3)sc2c1. The minimum Gasteiger partial charge on any atom is -0.302 e. The third kappa shape index (κ3) is 4.95. The summed E-state index contributed by atoms with van der Waals surface area (Å²) in [6.45, 7) is 0. The molecule has 0 radical (unpaired) electrons. The highest BCUT2D eigenvalue weighted by atomic mass is 35.5. The quantitative estimate of drug-likeness (QED) is 0.583. The predicted octanol–water partition coefficient (Wildman–Crippen LogP) is 3.72. The van der Waals surface area contributed by atoms with Gasteiger partial charge in [0.25, 0.3) is 0 Å². The van der Waals surface area contributed by atoms with E-state index in [9.17, 15) is 13.2 Å². The van der Waals surface area contributed by atoms with E-state index in [4.69, 9.17) is 16.7 Å². The first kappa shape index (κ1) is 19.1. The Morgan fingerprint density at radius 2 is 1.96 bits per heavy atom. The van der Waals surface area contributed by atoms with E-state index < -0.39 is 10.0 Å². The zero-order chi connectivity index (χ0) is 18.7. The van der Waals surface area contributed by atoms with Gasteiger partial charge in [-0.05, 0) is 42.5 Å². The van der Waals surface area contributed by atoms with Gasteiger partial charge in [-0.1, -0.05) is 22.9 Å². The number of aromatic nitrogens is 1. The number of amides is 1. The molecule has 2 aromatic carbocycles. The molecule has 3 rings (SSSR count). The van der Waals surface area contributed by atoms with Gasteiger partial charge in [-0.25, -0.2) is 18.5 Å². The monoisotopic (exact) mass is 427 g/mol. The Morgan fingerprint density at radius 3 is 2.65 bits per heavy atom. The highest BCUT2D eigenvalue weighted by Gasteiger charge is 2.12. The van der Waals surface area contributed by atoms with Gasteiger partial charge >= 0.3 is 0 Å². The number of benzene rings is 2. The molecule has 0 fully saturated rings. The number of rotatable bonds is 6. The third-order valence-corrected chi connectivity index (χ3v) is 6.46. The number of nitrogens with two attached hydrogens (primary N) is 1. The summed E-state index contributed by atoms with van der Waals surface area (Å²) in [6.07, 6.45) is 0.325. The fourth-order valence-corrected chi connectivity index (χ4v) is 4.62. The molecule has 0 saturated carbocycles. The highest BCUT2D eigenvalue weighted by molar-refractivity contribution is 7.99. The lowest BCUT2D eigenvalue weighted by Crippen LogP contribution is -2.11. The van der Waals surface area contributed by atoms with Crippen LogP contribution in [0, 0.1) is 0 Å². The average Bonchev–Trinajstić information content (AvgIpc) is 2.97. The summed E-state index contributed by atoms with van der Waals surface area (Å²) in [5.74, 6) is 0.464. The van der Waals surface area contributed by atoms with Crippen LogP contribution in [0.4, 0.5) is 5.13 Å². The van der Waals surface area contributed by atoms with Crippen molar-refractivity contribution in [2.45, 2.75) is 16.2 Å². The van der Waals surface area contributed by atoms with E-state index in [1.54, 1.807) is 30.0 Å². The summed E-state index contributed by atoms with van der Waals surface area (Å²) < 4.78 is 23.4. The van der Waals surface area contributed by atoms with Crippen LogP contribution in [0.5, 0.6) is 0 Å². The summed E-state index contributed by atoms with van der Waals surface area (Å²) >= 11 is 8.60. The number of halogens is 1. The van der Waals surface area contributed by atoms with Crippen LogP contribution in [0.25, 0.3) is 10.2 Å². The van der Waals surface area contributed by atoms with E-state index >= 15 is 0 Å². The van der Waals surface area contributed by atoms with E-state index in [2.05, 4.69) is 10.3 Å². The second-order valence-electron chi connectivity index (χ2n) is 5.29. The maximum Gasteiger partial charge on any atom is 0.238 e.